The van der Waals surface area contributed by atoms with Crippen LogP contribution in [-0.4, -0.2) is 16.3 Å². The molecule has 0 bridgehead atoms. The molecule has 0 aliphatic rings. The molecule has 102 valence electrons. The molecule has 1 aromatic carbocycles. The highest BCUT2D eigenvalue weighted by molar-refractivity contribution is 7.15. The highest BCUT2D eigenvalue weighted by atomic mass is 32.1. The molecule has 2 rings (SSSR count). The Morgan fingerprint density at radius 3 is 2.84 bits per heavy atom. The van der Waals surface area contributed by atoms with Gasteiger partial charge in [0.25, 0.3) is 0 Å². The van der Waals surface area contributed by atoms with Crippen molar-refractivity contribution >= 4 is 16.5 Å². The summed E-state index contributed by atoms with van der Waals surface area (Å²) in [7, 11) is 0. The second-order valence-corrected chi connectivity index (χ2v) is 5.58. The Balaban J connectivity index is 1.95. The van der Waals surface area contributed by atoms with Crippen molar-refractivity contribution in [1.29, 1.82) is 0 Å². The van der Waals surface area contributed by atoms with Crippen LogP contribution in [-0.2, 0) is 13.0 Å². The smallest absolute Gasteiger partial charge is 0.205 e. The van der Waals surface area contributed by atoms with Crippen molar-refractivity contribution < 1.29 is 4.74 Å². The van der Waals surface area contributed by atoms with Crippen molar-refractivity contribution in [2.24, 2.45) is 0 Å². The van der Waals surface area contributed by atoms with Crippen LogP contribution in [0.3, 0.4) is 0 Å². The number of nitrogens with zero attached hydrogens (tertiary/aromatic N) is 2. The van der Waals surface area contributed by atoms with E-state index >= 15 is 0 Å². The van der Waals surface area contributed by atoms with Gasteiger partial charge in [-0.15, -0.1) is 10.2 Å². The molecule has 0 amide bonds. The number of ether oxygens (including phenoxy) is 1. The number of hydrogen-bond acceptors (Lipinski definition) is 5. The van der Waals surface area contributed by atoms with E-state index in [2.05, 4.69) is 34.6 Å². The Labute approximate surface area is 117 Å². The third-order valence-corrected chi connectivity index (χ3v) is 3.51. The summed E-state index contributed by atoms with van der Waals surface area (Å²) in [6.07, 6.45) is 1.12. The Bertz CT molecular complexity index is 525. The van der Waals surface area contributed by atoms with Gasteiger partial charge >= 0.3 is 0 Å². The largest absolute Gasteiger partial charge is 0.491 e. The maximum atomic E-state index is 5.68. The maximum absolute atomic E-state index is 5.68. The molecule has 0 radical (unpaired) electrons. The minimum absolute atomic E-state index is 0.193. The lowest BCUT2D eigenvalue weighted by molar-refractivity contribution is 0.242. The molecule has 19 heavy (non-hydrogen) atoms. The summed E-state index contributed by atoms with van der Waals surface area (Å²) < 4.78 is 5.68. The average Bonchev–Trinajstić information content (AvgIpc) is 2.84. The van der Waals surface area contributed by atoms with Crippen molar-refractivity contribution in [3.63, 3.8) is 0 Å². The van der Waals surface area contributed by atoms with Crippen LogP contribution in [0.2, 0.25) is 0 Å². The van der Waals surface area contributed by atoms with E-state index in [9.17, 15) is 0 Å². The maximum Gasteiger partial charge on any atom is 0.205 e. The highest BCUT2D eigenvalue weighted by Crippen LogP contribution is 2.18. The second-order valence-electron chi connectivity index (χ2n) is 4.52. The Morgan fingerprint density at radius 2 is 2.16 bits per heavy atom. The SMILES string of the molecule is CCc1nnc(NCc2cccc(OC(C)C)c2)s1. The first kappa shape index (κ1) is 13.8. The zero-order chi connectivity index (χ0) is 13.7. The van der Waals surface area contributed by atoms with E-state index in [4.69, 9.17) is 4.74 Å². The van der Waals surface area contributed by atoms with Crippen molar-refractivity contribution in [2.45, 2.75) is 39.8 Å². The molecule has 2 aromatic rings. The predicted octanol–water partition coefficient (Wildman–Crippen LogP) is 3.50. The van der Waals surface area contributed by atoms with Crippen molar-refractivity contribution in [2.75, 3.05) is 5.32 Å². The monoisotopic (exact) mass is 277 g/mol. The normalized spacial score (nSPS) is 10.7. The van der Waals surface area contributed by atoms with Gasteiger partial charge in [0.1, 0.15) is 10.8 Å². The first-order chi connectivity index (χ1) is 9.17. The fraction of sp³-hybridized carbons (Fsp3) is 0.429. The number of benzene rings is 1. The van der Waals surface area contributed by atoms with Crippen LogP contribution in [0.5, 0.6) is 5.75 Å². The van der Waals surface area contributed by atoms with Crippen molar-refractivity contribution in [3.05, 3.63) is 34.8 Å². The molecular weight excluding hydrogens is 258 g/mol. The molecule has 1 heterocycles. The number of hydrogen-bond donors (Lipinski definition) is 1. The lowest BCUT2D eigenvalue weighted by Crippen LogP contribution is -2.06. The van der Waals surface area contributed by atoms with Crippen LogP contribution in [0.1, 0.15) is 31.3 Å². The molecule has 0 spiro atoms. The minimum atomic E-state index is 0.193. The zero-order valence-electron chi connectivity index (χ0n) is 11.5. The van der Waals surface area contributed by atoms with Crippen molar-refractivity contribution in [3.8, 4) is 5.75 Å². The number of nitrogens with one attached hydrogen (secondary N) is 1. The second kappa shape index (κ2) is 6.52. The summed E-state index contributed by atoms with van der Waals surface area (Å²) >= 11 is 1.60. The lowest BCUT2D eigenvalue weighted by Gasteiger charge is -2.11. The van der Waals surface area contributed by atoms with Gasteiger partial charge < -0.3 is 10.1 Å². The summed E-state index contributed by atoms with van der Waals surface area (Å²) in [4.78, 5) is 0. The fourth-order valence-corrected chi connectivity index (χ4v) is 2.32. The molecule has 0 aliphatic heterocycles. The summed E-state index contributed by atoms with van der Waals surface area (Å²) in [5.41, 5.74) is 1.17. The summed E-state index contributed by atoms with van der Waals surface area (Å²) in [5, 5.41) is 13.4. The number of aryl methyl sites for hydroxylation is 1. The zero-order valence-corrected chi connectivity index (χ0v) is 12.3. The number of anilines is 1. The molecule has 0 saturated carbocycles. The quantitative estimate of drug-likeness (QED) is 0.878. The minimum Gasteiger partial charge on any atom is -0.491 e. The van der Waals surface area contributed by atoms with Gasteiger partial charge in [-0.3, -0.25) is 0 Å². The van der Waals surface area contributed by atoms with Gasteiger partial charge in [0.05, 0.1) is 6.10 Å². The fourth-order valence-electron chi connectivity index (χ4n) is 1.65. The van der Waals surface area contributed by atoms with Gasteiger partial charge in [0, 0.05) is 6.54 Å². The van der Waals surface area contributed by atoms with E-state index in [1.165, 1.54) is 5.56 Å². The molecule has 1 aromatic heterocycles. The van der Waals surface area contributed by atoms with Crippen LogP contribution >= 0.6 is 11.3 Å². The first-order valence-corrected chi connectivity index (χ1v) is 7.31. The van der Waals surface area contributed by atoms with Gasteiger partial charge in [-0.1, -0.05) is 30.4 Å². The standard InChI is InChI=1S/C14H19N3OS/c1-4-13-16-17-14(19-13)15-9-11-6-5-7-12(8-11)18-10(2)3/h5-8,10H,4,9H2,1-3H3,(H,15,17). The summed E-state index contributed by atoms with van der Waals surface area (Å²) in [6, 6.07) is 8.10. The van der Waals surface area contributed by atoms with E-state index in [0.717, 1.165) is 28.9 Å². The molecular formula is C14H19N3OS. The molecule has 0 aliphatic carbocycles. The Morgan fingerprint density at radius 1 is 1.32 bits per heavy atom. The average molecular weight is 277 g/mol. The van der Waals surface area contributed by atoms with Crippen LogP contribution in [0.15, 0.2) is 24.3 Å². The van der Waals surface area contributed by atoms with Crippen LogP contribution in [0, 0.1) is 0 Å². The van der Waals surface area contributed by atoms with Crippen molar-refractivity contribution in [1.82, 2.24) is 10.2 Å². The molecule has 0 fully saturated rings. The highest BCUT2D eigenvalue weighted by Gasteiger charge is 2.03. The van der Waals surface area contributed by atoms with E-state index in [-0.39, 0.29) is 6.10 Å². The van der Waals surface area contributed by atoms with Crippen LogP contribution in [0.25, 0.3) is 0 Å². The molecule has 0 unspecified atom stereocenters. The number of aromatic nitrogens is 2. The Kier molecular flexibility index (Phi) is 4.74. The van der Waals surface area contributed by atoms with E-state index in [1.807, 2.05) is 26.0 Å². The molecule has 5 heteroatoms. The molecule has 1 N–H and O–H groups in total. The van der Waals surface area contributed by atoms with E-state index in [1.54, 1.807) is 11.3 Å². The third kappa shape index (κ3) is 4.21. The molecule has 4 nitrogen and oxygen atoms in total. The Hall–Kier alpha value is -1.62. The summed E-state index contributed by atoms with van der Waals surface area (Å²) in [5.74, 6) is 0.904. The van der Waals surface area contributed by atoms with Crippen LogP contribution in [0.4, 0.5) is 5.13 Å². The molecule has 0 atom stereocenters. The number of rotatable bonds is 6. The lowest BCUT2D eigenvalue weighted by atomic mass is 10.2. The van der Waals surface area contributed by atoms with Gasteiger partial charge in [0.2, 0.25) is 5.13 Å². The van der Waals surface area contributed by atoms with Gasteiger partial charge in [-0.05, 0) is 38.0 Å². The van der Waals surface area contributed by atoms with E-state index < -0.39 is 0 Å². The van der Waals surface area contributed by atoms with Gasteiger partial charge in [-0.2, -0.15) is 0 Å². The summed E-state index contributed by atoms with van der Waals surface area (Å²) in [6.45, 7) is 6.86. The van der Waals surface area contributed by atoms with E-state index in [0.29, 0.717) is 0 Å². The van der Waals surface area contributed by atoms with Gasteiger partial charge in [-0.25, -0.2) is 0 Å². The molecule has 0 saturated heterocycles. The third-order valence-electron chi connectivity index (χ3n) is 2.48. The topological polar surface area (TPSA) is 47.0 Å². The predicted molar refractivity (Wildman–Crippen MR) is 78.8 cm³/mol. The van der Waals surface area contributed by atoms with Gasteiger partial charge in [0.15, 0.2) is 0 Å². The first-order valence-electron chi connectivity index (χ1n) is 6.49. The van der Waals surface area contributed by atoms with Crippen LogP contribution < -0.4 is 10.1 Å².